The van der Waals surface area contributed by atoms with E-state index in [0.29, 0.717) is 13.2 Å². The number of nitrogens with zero attached hydrogens (tertiary/aromatic N) is 3. The molecule has 7 nitrogen and oxygen atoms in total. The molecule has 1 heterocycles. The first-order valence-electron chi connectivity index (χ1n) is 7.13. The maximum atomic E-state index is 5.11. The van der Waals surface area contributed by atoms with Crippen molar-refractivity contribution >= 4 is 29.9 Å². The number of nitrogens with one attached hydrogen (secondary N) is 3. The van der Waals surface area contributed by atoms with Crippen molar-refractivity contribution in [3.05, 3.63) is 36.2 Å². The van der Waals surface area contributed by atoms with E-state index in [1.807, 2.05) is 19.1 Å². The van der Waals surface area contributed by atoms with Gasteiger partial charge in [0.25, 0.3) is 0 Å². The minimum absolute atomic E-state index is 0. The van der Waals surface area contributed by atoms with Gasteiger partial charge in [0, 0.05) is 32.3 Å². The van der Waals surface area contributed by atoms with Gasteiger partial charge in [-0.25, -0.2) is 4.98 Å². The van der Waals surface area contributed by atoms with Crippen molar-refractivity contribution in [3.63, 3.8) is 0 Å². The number of ether oxygens (including phenoxy) is 1. The van der Waals surface area contributed by atoms with Crippen molar-refractivity contribution in [1.29, 1.82) is 0 Å². The molecule has 0 bridgehead atoms. The smallest absolute Gasteiger partial charge is 0.191 e. The lowest BCUT2D eigenvalue weighted by atomic mass is 10.1. The van der Waals surface area contributed by atoms with Crippen molar-refractivity contribution in [3.8, 4) is 11.4 Å². The van der Waals surface area contributed by atoms with Gasteiger partial charge in [0.15, 0.2) is 11.8 Å². The molecule has 1 aromatic heterocycles. The summed E-state index contributed by atoms with van der Waals surface area (Å²) in [5, 5.41) is 13.3. The fraction of sp³-hybridized carbons (Fsp3) is 0.400. The maximum absolute atomic E-state index is 5.11. The van der Waals surface area contributed by atoms with Gasteiger partial charge in [-0.1, -0.05) is 18.2 Å². The summed E-state index contributed by atoms with van der Waals surface area (Å²) in [7, 11) is 3.43. The summed E-state index contributed by atoms with van der Waals surface area (Å²) in [5.74, 6) is 1.51. The zero-order chi connectivity index (χ0) is 15.8. The van der Waals surface area contributed by atoms with Crippen molar-refractivity contribution in [1.82, 2.24) is 25.8 Å². The van der Waals surface area contributed by atoms with Gasteiger partial charge in [-0.05, 0) is 18.6 Å². The first kappa shape index (κ1) is 19.4. The van der Waals surface area contributed by atoms with E-state index in [2.05, 4.69) is 42.9 Å². The Hall–Kier alpha value is -1.68. The van der Waals surface area contributed by atoms with Crippen LogP contribution in [0.4, 0.5) is 0 Å². The molecule has 1 aromatic carbocycles. The van der Waals surface area contributed by atoms with Crippen LogP contribution >= 0.6 is 24.0 Å². The van der Waals surface area contributed by atoms with E-state index >= 15 is 0 Å². The minimum atomic E-state index is 0. The number of guanidine groups is 1. The standard InChI is InChI=1S/C15H22N6O.HI/c1-11(9-22-3)20-15(16-2)17-8-12-5-4-6-13(7-12)14-18-10-19-21-14;/h4-7,10-11H,8-9H2,1-3H3,(H2,16,17,20)(H,18,19,21);1H. The molecule has 23 heavy (non-hydrogen) atoms. The molecule has 2 rings (SSSR count). The molecule has 2 aromatic rings. The Morgan fingerprint density at radius 1 is 1.43 bits per heavy atom. The average molecular weight is 430 g/mol. The van der Waals surface area contributed by atoms with Crippen LogP contribution in [-0.4, -0.2) is 47.9 Å². The lowest BCUT2D eigenvalue weighted by molar-refractivity contribution is 0.179. The normalized spacial score (nSPS) is 12.4. The topological polar surface area (TPSA) is 87.2 Å². The number of aliphatic imine (C=N–C) groups is 1. The Labute approximate surface area is 153 Å². The molecule has 3 N–H and O–H groups in total. The molecule has 8 heteroatoms. The Morgan fingerprint density at radius 3 is 2.91 bits per heavy atom. The van der Waals surface area contributed by atoms with Gasteiger partial charge < -0.3 is 15.4 Å². The molecule has 0 aliphatic rings. The third-order valence-corrected chi connectivity index (χ3v) is 3.10. The molecule has 1 unspecified atom stereocenters. The van der Waals surface area contributed by atoms with Crippen LogP contribution in [0.2, 0.25) is 0 Å². The van der Waals surface area contributed by atoms with Crippen molar-refractivity contribution < 1.29 is 4.74 Å². The molecule has 0 radical (unpaired) electrons. The van der Waals surface area contributed by atoms with E-state index in [0.717, 1.165) is 22.9 Å². The zero-order valence-electron chi connectivity index (χ0n) is 13.5. The van der Waals surface area contributed by atoms with Gasteiger partial charge in [0.05, 0.1) is 6.61 Å². The van der Waals surface area contributed by atoms with E-state index in [-0.39, 0.29) is 30.0 Å². The molecule has 1 atom stereocenters. The second kappa shape index (κ2) is 10.2. The summed E-state index contributed by atoms with van der Waals surface area (Å²) in [6.45, 7) is 3.34. The minimum Gasteiger partial charge on any atom is -0.383 e. The van der Waals surface area contributed by atoms with Gasteiger partial charge >= 0.3 is 0 Å². The monoisotopic (exact) mass is 430 g/mol. The van der Waals surface area contributed by atoms with Gasteiger partial charge in [-0.15, -0.1) is 24.0 Å². The van der Waals surface area contributed by atoms with E-state index in [1.54, 1.807) is 14.2 Å². The number of halogens is 1. The zero-order valence-corrected chi connectivity index (χ0v) is 15.9. The van der Waals surface area contributed by atoms with Crippen LogP contribution in [0.3, 0.4) is 0 Å². The molecule has 0 amide bonds. The number of aromatic nitrogens is 3. The summed E-state index contributed by atoms with van der Waals surface area (Å²) in [5.41, 5.74) is 2.14. The molecule has 0 aliphatic carbocycles. The third-order valence-electron chi connectivity index (χ3n) is 3.10. The van der Waals surface area contributed by atoms with Crippen LogP contribution < -0.4 is 10.6 Å². The molecule has 0 aliphatic heterocycles. The number of methoxy groups -OCH3 is 1. The van der Waals surface area contributed by atoms with E-state index < -0.39 is 0 Å². The van der Waals surface area contributed by atoms with Crippen LogP contribution in [0, 0.1) is 0 Å². The highest BCUT2D eigenvalue weighted by molar-refractivity contribution is 14.0. The Morgan fingerprint density at radius 2 is 2.26 bits per heavy atom. The van der Waals surface area contributed by atoms with Gasteiger partial charge in [-0.3, -0.25) is 10.1 Å². The van der Waals surface area contributed by atoms with E-state index in [9.17, 15) is 0 Å². The fourth-order valence-electron chi connectivity index (χ4n) is 2.08. The summed E-state index contributed by atoms with van der Waals surface area (Å²) >= 11 is 0. The predicted molar refractivity (Wildman–Crippen MR) is 102 cm³/mol. The Bertz CT molecular complexity index is 602. The van der Waals surface area contributed by atoms with Crippen LogP contribution in [0.25, 0.3) is 11.4 Å². The van der Waals surface area contributed by atoms with Gasteiger partial charge in [-0.2, -0.15) is 5.10 Å². The quantitative estimate of drug-likeness (QED) is 0.370. The molecule has 0 fully saturated rings. The summed E-state index contributed by atoms with van der Waals surface area (Å²) < 4.78 is 5.11. The van der Waals surface area contributed by atoms with Crippen molar-refractivity contribution in [2.45, 2.75) is 19.5 Å². The molecular weight excluding hydrogens is 407 g/mol. The second-order valence-corrected chi connectivity index (χ2v) is 4.96. The number of hydrogen-bond donors (Lipinski definition) is 3. The van der Waals surface area contributed by atoms with Crippen LogP contribution in [-0.2, 0) is 11.3 Å². The summed E-state index contributed by atoms with van der Waals surface area (Å²) in [6.07, 6.45) is 1.50. The number of aromatic amines is 1. The van der Waals surface area contributed by atoms with Crippen LogP contribution in [0.15, 0.2) is 35.6 Å². The predicted octanol–water partition coefficient (Wildman–Crippen LogP) is 1.79. The maximum Gasteiger partial charge on any atom is 0.191 e. The lowest BCUT2D eigenvalue weighted by Crippen LogP contribution is -2.43. The van der Waals surface area contributed by atoms with E-state index in [4.69, 9.17) is 4.74 Å². The van der Waals surface area contributed by atoms with Crippen LogP contribution in [0.5, 0.6) is 0 Å². The van der Waals surface area contributed by atoms with E-state index in [1.165, 1.54) is 6.33 Å². The fourth-order valence-corrected chi connectivity index (χ4v) is 2.08. The highest BCUT2D eigenvalue weighted by Gasteiger charge is 2.05. The van der Waals surface area contributed by atoms with Crippen LogP contribution in [0.1, 0.15) is 12.5 Å². The second-order valence-electron chi connectivity index (χ2n) is 4.96. The molecular formula is C15H23IN6O. The number of benzene rings is 1. The van der Waals surface area contributed by atoms with Gasteiger partial charge in [0.1, 0.15) is 6.33 Å². The molecule has 0 spiro atoms. The van der Waals surface area contributed by atoms with Crippen molar-refractivity contribution in [2.24, 2.45) is 4.99 Å². The summed E-state index contributed by atoms with van der Waals surface area (Å²) in [4.78, 5) is 8.37. The Balaban J connectivity index is 0.00000264. The highest BCUT2D eigenvalue weighted by atomic mass is 127. The average Bonchev–Trinajstić information content (AvgIpc) is 3.06. The SMILES string of the molecule is CN=C(NCc1cccc(-c2ncn[nH]2)c1)NC(C)COC.I. The number of hydrogen-bond acceptors (Lipinski definition) is 4. The number of H-pyrrole nitrogens is 1. The molecule has 0 saturated carbocycles. The number of rotatable bonds is 6. The summed E-state index contributed by atoms with van der Waals surface area (Å²) in [6, 6.07) is 8.31. The largest absolute Gasteiger partial charge is 0.383 e. The lowest BCUT2D eigenvalue weighted by Gasteiger charge is -2.17. The molecule has 0 saturated heterocycles. The highest BCUT2D eigenvalue weighted by Crippen LogP contribution is 2.15. The van der Waals surface area contributed by atoms with Gasteiger partial charge in [0.2, 0.25) is 0 Å². The first-order valence-corrected chi connectivity index (χ1v) is 7.13. The first-order chi connectivity index (χ1) is 10.7. The molecule has 126 valence electrons. The van der Waals surface area contributed by atoms with Crippen molar-refractivity contribution in [2.75, 3.05) is 20.8 Å². The third kappa shape index (κ3) is 6.14. The Kier molecular flexibility index (Phi) is 8.56.